The lowest BCUT2D eigenvalue weighted by atomic mass is 9.98. The first-order valence-corrected chi connectivity index (χ1v) is 7.09. The van der Waals surface area contributed by atoms with Gasteiger partial charge in [0.1, 0.15) is 0 Å². The molecule has 1 saturated heterocycles. The number of hydrogen-bond acceptors (Lipinski definition) is 3. The van der Waals surface area contributed by atoms with Crippen molar-refractivity contribution in [1.82, 2.24) is 14.5 Å². The smallest absolute Gasteiger partial charge is 0.308 e. The molecule has 2 aromatic rings. The van der Waals surface area contributed by atoms with Crippen molar-refractivity contribution in [3.63, 3.8) is 0 Å². The van der Waals surface area contributed by atoms with Gasteiger partial charge in [-0.05, 0) is 25.0 Å². The van der Waals surface area contributed by atoms with Gasteiger partial charge in [-0.25, -0.2) is 4.52 Å². The van der Waals surface area contributed by atoms with Crippen molar-refractivity contribution in [2.75, 3.05) is 13.1 Å². The number of aromatic nitrogens is 2. The normalized spacial score (nSPS) is 18.9. The van der Waals surface area contributed by atoms with E-state index >= 15 is 0 Å². The fourth-order valence-electron chi connectivity index (χ4n) is 2.69. The van der Waals surface area contributed by atoms with Gasteiger partial charge >= 0.3 is 5.97 Å². The number of carbonyl (C=O) groups excluding carboxylic acids is 1. The molecular weight excluding hydrogens is 294 g/mol. The van der Waals surface area contributed by atoms with Crippen molar-refractivity contribution in [1.29, 1.82) is 0 Å². The molecular formula is C14H14ClN3O3. The average Bonchev–Trinajstić information content (AvgIpc) is 2.92. The van der Waals surface area contributed by atoms with Gasteiger partial charge in [0.05, 0.1) is 28.2 Å². The van der Waals surface area contributed by atoms with E-state index in [1.165, 1.54) is 6.20 Å². The number of fused-ring (bicyclic) bond motifs is 1. The van der Waals surface area contributed by atoms with E-state index in [2.05, 4.69) is 5.10 Å². The fourth-order valence-corrected chi connectivity index (χ4v) is 2.95. The second-order valence-corrected chi connectivity index (χ2v) is 5.54. The quantitative estimate of drug-likeness (QED) is 0.920. The predicted molar refractivity (Wildman–Crippen MR) is 76.5 cm³/mol. The van der Waals surface area contributed by atoms with Crippen LogP contribution in [0.5, 0.6) is 0 Å². The molecule has 1 fully saturated rings. The van der Waals surface area contributed by atoms with Gasteiger partial charge in [0.2, 0.25) is 0 Å². The summed E-state index contributed by atoms with van der Waals surface area (Å²) in [7, 11) is 0. The summed E-state index contributed by atoms with van der Waals surface area (Å²) in [5.41, 5.74) is 0.966. The van der Waals surface area contributed by atoms with Crippen molar-refractivity contribution in [2.45, 2.75) is 12.8 Å². The Morgan fingerprint density at radius 1 is 1.43 bits per heavy atom. The Morgan fingerprint density at radius 3 is 3.00 bits per heavy atom. The number of piperidine rings is 1. The van der Waals surface area contributed by atoms with E-state index < -0.39 is 11.9 Å². The number of carbonyl (C=O) groups is 2. The van der Waals surface area contributed by atoms with Crippen LogP contribution in [0.1, 0.15) is 23.2 Å². The number of carboxylic acids is 1. The minimum absolute atomic E-state index is 0.218. The number of aliphatic carboxylic acids is 1. The third-order valence-electron chi connectivity index (χ3n) is 3.78. The summed E-state index contributed by atoms with van der Waals surface area (Å²) in [4.78, 5) is 25.3. The maximum Gasteiger partial charge on any atom is 0.308 e. The number of hydrogen-bond donors (Lipinski definition) is 1. The van der Waals surface area contributed by atoms with E-state index in [0.717, 1.165) is 0 Å². The molecule has 2 aromatic heterocycles. The Kier molecular flexibility index (Phi) is 3.55. The van der Waals surface area contributed by atoms with Crippen LogP contribution >= 0.6 is 11.6 Å². The standard InChI is InChI=1S/C14H14ClN3O3/c15-11-4-2-6-18-12(11)10(7-16-18)13(19)17-5-1-3-9(8-17)14(20)21/h2,4,6-7,9H,1,3,5,8H2,(H,20,21). The second kappa shape index (κ2) is 5.37. The van der Waals surface area contributed by atoms with E-state index in [1.807, 2.05) is 0 Å². The van der Waals surface area contributed by atoms with E-state index in [1.54, 1.807) is 27.7 Å². The minimum atomic E-state index is -0.856. The molecule has 1 unspecified atom stereocenters. The largest absolute Gasteiger partial charge is 0.481 e. The lowest BCUT2D eigenvalue weighted by molar-refractivity contribution is -0.143. The molecule has 0 aliphatic carbocycles. The van der Waals surface area contributed by atoms with Crippen molar-refractivity contribution in [2.24, 2.45) is 5.92 Å². The van der Waals surface area contributed by atoms with E-state index in [-0.39, 0.29) is 12.5 Å². The molecule has 1 amide bonds. The number of nitrogens with zero attached hydrogens (tertiary/aromatic N) is 3. The molecule has 1 aliphatic heterocycles. The highest BCUT2D eigenvalue weighted by molar-refractivity contribution is 6.34. The Morgan fingerprint density at radius 2 is 2.24 bits per heavy atom. The monoisotopic (exact) mass is 307 g/mol. The van der Waals surface area contributed by atoms with E-state index in [9.17, 15) is 9.59 Å². The predicted octanol–water partition coefficient (Wildman–Crippen LogP) is 1.92. The number of pyridine rings is 1. The lowest BCUT2D eigenvalue weighted by Crippen LogP contribution is -2.42. The number of rotatable bonds is 2. The van der Waals surface area contributed by atoms with Crippen molar-refractivity contribution in [3.05, 3.63) is 35.1 Å². The van der Waals surface area contributed by atoms with Crippen LogP contribution in [0.25, 0.3) is 5.52 Å². The molecule has 3 heterocycles. The van der Waals surface area contributed by atoms with Gasteiger partial charge in [-0.1, -0.05) is 11.6 Å². The van der Waals surface area contributed by atoms with Crippen LogP contribution in [0.15, 0.2) is 24.5 Å². The summed E-state index contributed by atoms with van der Waals surface area (Å²) in [6.07, 6.45) is 4.49. The molecule has 110 valence electrons. The van der Waals surface area contributed by atoms with Crippen LogP contribution in [0, 0.1) is 5.92 Å². The highest BCUT2D eigenvalue weighted by Crippen LogP contribution is 2.24. The van der Waals surface area contributed by atoms with Crippen LogP contribution in [0.2, 0.25) is 5.02 Å². The van der Waals surface area contributed by atoms with Crippen LogP contribution < -0.4 is 0 Å². The first-order valence-electron chi connectivity index (χ1n) is 6.72. The van der Waals surface area contributed by atoms with Gasteiger partial charge in [-0.2, -0.15) is 5.10 Å². The maximum absolute atomic E-state index is 12.6. The van der Waals surface area contributed by atoms with Crippen LogP contribution in [-0.4, -0.2) is 44.6 Å². The summed E-state index contributed by atoms with van der Waals surface area (Å²) < 4.78 is 1.55. The molecule has 0 bridgehead atoms. The molecule has 1 N–H and O–H groups in total. The lowest BCUT2D eigenvalue weighted by Gasteiger charge is -2.30. The zero-order valence-corrected chi connectivity index (χ0v) is 12.0. The number of halogens is 1. The van der Waals surface area contributed by atoms with E-state index in [4.69, 9.17) is 16.7 Å². The van der Waals surface area contributed by atoms with Gasteiger partial charge in [-0.3, -0.25) is 9.59 Å². The molecule has 0 spiro atoms. The summed E-state index contributed by atoms with van der Waals surface area (Å²) in [6, 6.07) is 3.45. The summed E-state index contributed by atoms with van der Waals surface area (Å²) in [6.45, 7) is 0.792. The molecule has 6 nitrogen and oxygen atoms in total. The first-order chi connectivity index (χ1) is 10.1. The van der Waals surface area contributed by atoms with Crippen LogP contribution in [-0.2, 0) is 4.79 Å². The fraction of sp³-hybridized carbons (Fsp3) is 0.357. The zero-order valence-electron chi connectivity index (χ0n) is 11.2. The maximum atomic E-state index is 12.6. The molecule has 3 rings (SSSR count). The van der Waals surface area contributed by atoms with E-state index in [0.29, 0.717) is 35.5 Å². The number of likely N-dealkylation sites (tertiary alicyclic amines) is 1. The highest BCUT2D eigenvalue weighted by atomic mass is 35.5. The molecule has 0 aromatic carbocycles. The molecule has 1 atom stereocenters. The third kappa shape index (κ3) is 2.47. The van der Waals surface area contributed by atoms with Crippen LogP contribution in [0.3, 0.4) is 0 Å². The SMILES string of the molecule is O=C(O)C1CCCN(C(=O)c2cnn3cccc(Cl)c23)C1. The molecule has 7 heteroatoms. The Hall–Kier alpha value is -2.08. The van der Waals surface area contributed by atoms with Gasteiger partial charge in [0.15, 0.2) is 0 Å². The molecule has 0 radical (unpaired) electrons. The number of carboxylic acid groups (broad SMARTS) is 1. The topological polar surface area (TPSA) is 74.9 Å². The van der Waals surface area contributed by atoms with Crippen molar-refractivity contribution in [3.8, 4) is 0 Å². The second-order valence-electron chi connectivity index (χ2n) is 5.14. The Labute approximate surface area is 125 Å². The number of amides is 1. The van der Waals surface area contributed by atoms with Crippen molar-refractivity contribution >= 4 is 29.0 Å². The van der Waals surface area contributed by atoms with Gasteiger partial charge < -0.3 is 10.0 Å². The van der Waals surface area contributed by atoms with Crippen molar-refractivity contribution < 1.29 is 14.7 Å². The van der Waals surface area contributed by atoms with Crippen LogP contribution in [0.4, 0.5) is 0 Å². The third-order valence-corrected chi connectivity index (χ3v) is 4.08. The summed E-state index contributed by atoms with van der Waals surface area (Å²) in [5, 5.41) is 13.7. The summed E-state index contributed by atoms with van der Waals surface area (Å²) >= 11 is 6.14. The first kappa shape index (κ1) is 13.9. The highest BCUT2D eigenvalue weighted by Gasteiger charge is 2.30. The average molecular weight is 308 g/mol. The Balaban J connectivity index is 1.92. The minimum Gasteiger partial charge on any atom is -0.481 e. The molecule has 1 aliphatic rings. The van der Waals surface area contributed by atoms with Gasteiger partial charge in [-0.15, -0.1) is 0 Å². The van der Waals surface area contributed by atoms with Gasteiger partial charge in [0, 0.05) is 19.3 Å². The van der Waals surface area contributed by atoms with Gasteiger partial charge in [0.25, 0.3) is 5.91 Å². The zero-order chi connectivity index (χ0) is 15.0. The Bertz CT molecular complexity index is 713. The summed E-state index contributed by atoms with van der Waals surface area (Å²) in [5.74, 6) is -1.57. The molecule has 21 heavy (non-hydrogen) atoms. The molecule has 0 saturated carbocycles.